The summed E-state index contributed by atoms with van der Waals surface area (Å²) in [5, 5.41) is 15.5. The number of nitro groups is 1. The number of anilines is 1. The van der Waals surface area contributed by atoms with Crippen LogP contribution >= 0.6 is 0 Å². The average Bonchev–Trinajstić information content (AvgIpc) is 2.89. The van der Waals surface area contributed by atoms with Crippen molar-refractivity contribution in [2.45, 2.75) is 18.2 Å². The molecule has 0 aliphatic rings. The van der Waals surface area contributed by atoms with Gasteiger partial charge in [-0.25, -0.2) is 8.42 Å². The van der Waals surface area contributed by atoms with E-state index in [9.17, 15) is 18.5 Å². The monoisotopic (exact) mass is 373 g/mol. The van der Waals surface area contributed by atoms with Gasteiger partial charge in [0.2, 0.25) is 0 Å². The van der Waals surface area contributed by atoms with Gasteiger partial charge in [0, 0.05) is 29.4 Å². The lowest BCUT2D eigenvalue weighted by Crippen LogP contribution is -2.10. The molecular formula is C18H19N3O4S. The van der Waals surface area contributed by atoms with Gasteiger partial charge in [0.05, 0.1) is 4.92 Å². The molecule has 0 aliphatic heterocycles. The van der Waals surface area contributed by atoms with E-state index in [1.165, 1.54) is 18.2 Å². The number of aromatic amines is 1. The fraction of sp³-hybridized carbons (Fsp3) is 0.222. The second-order valence-electron chi connectivity index (χ2n) is 6.13. The van der Waals surface area contributed by atoms with Crippen molar-refractivity contribution >= 4 is 32.1 Å². The molecule has 0 fully saturated rings. The van der Waals surface area contributed by atoms with Crippen molar-refractivity contribution in [2.24, 2.45) is 0 Å². The highest BCUT2D eigenvalue weighted by Gasteiger charge is 2.25. The molecular weight excluding hydrogens is 354 g/mol. The summed E-state index contributed by atoms with van der Waals surface area (Å²) < 4.78 is 23.7. The van der Waals surface area contributed by atoms with E-state index in [-0.39, 0.29) is 10.6 Å². The van der Waals surface area contributed by atoms with E-state index in [2.05, 4.69) is 10.3 Å². The normalized spacial score (nSPS) is 11.6. The predicted octanol–water partition coefficient (Wildman–Crippen LogP) is 3.44. The van der Waals surface area contributed by atoms with Gasteiger partial charge in [-0.2, -0.15) is 0 Å². The molecule has 0 saturated carbocycles. The Hall–Kier alpha value is -2.87. The molecule has 136 valence electrons. The van der Waals surface area contributed by atoms with Crippen LogP contribution in [0.2, 0.25) is 0 Å². The minimum Gasteiger partial charge on any atom is -0.379 e. The molecule has 2 aromatic carbocycles. The molecule has 3 rings (SSSR count). The highest BCUT2D eigenvalue weighted by Crippen LogP contribution is 2.32. The summed E-state index contributed by atoms with van der Waals surface area (Å²) in [5.41, 5.74) is 3.02. The Morgan fingerprint density at radius 2 is 1.88 bits per heavy atom. The fourth-order valence-corrected chi connectivity index (χ4v) is 3.99. The third-order valence-electron chi connectivity index (χ3n) is 4.30. The highest BCUT2D eigenvalue weighted by atomic mass is 32.2. The van der Waals surface area contributed by atoms with Crippen LogP contribution in [0.1, 0.15) is 11.3 Å². The maximum atomic E-state index is 11.8. The Morgan fingerprint density at radius 3 is 2.58 bits per heavy atom. The van der Waals surface area contributed by atoms with E-state index < -0.39 is 20.4 Å². The van der Waals surface area contributed by atoms with Crippen LogP contribution < -0.4 is 5.32 Å². The number of hydrogen-bond donors (Lipinski definition) is 2. The summed E-state index contributed by atoms with van der Waals surface area (Å²) in [6.45, 7) is 2.43. The molecule has 0 amide bonds. The van der Waals surface area contributed by atoms with Crippen LogP contribution in [0.3, 0.4) is 0 Å². The van der Waals surface area contributed by atoms with E-state index in [0.29, 0.717) is 13.0 Å². The number of nitrogens with one attached hydrogen (secondary N) is 2. The minimum absolute atomic E-state index is 0.204. The molecule has 26 heavy (non-hydrogen) atoms. The van der Waals surface area contributed by atoms with Crippen LogP contribution in [0, 0.1) is 17.0 Å². The Kier molecular flexibility index (Phi) is 4.69. The Morgan fingerprint density at radius 1 is 1.15 bits per heavy atom. The topological polar surface area (TPSA) is 105 Å². The molecule has 1 aromatic heterocycles. The molecule has 0 radical (unpaired) electrons. The number of aromatic nitrogens is 1. The zero-order chi connectivity index (χ0) is 18.9. The molecule has 8 heteroatoms. The van der Waals surface area contributed by atoms with E-state index in [1.54, 1.807) is 0 Å². The molecule has 0 atom stereocenters. The van der Waals surface area contributed by atoms with Crippen LogP contribution in [0.15, 0.2) is 47.4 Å². The maximum absolute atomic E-state index is 11.8. The zero-order valence-corrected chi connectivity index (χ0v) is 15.3. The molecule has 0 unspecified atom stereocenters. The smallest absolute Gasteiger partial charge is 0.310 e. The maximum Gasteiger partial charge on any atom is 0.310 e. The first-order valence-corrected chi connectivity index (χ1v) is 9.95. The van der Waals surface area contributed by atoms with Gasteiger partial charge in [-0.3, -0.25) is 10.1 Å². The van der Waals surface area contributed by atoms with Crippen LogP contribution in [0.4, 0.5) is 11.4 Å². The zero-order valence-electron chi connectivity index (χ0n) is 14.4. The summed E-state index contributed by atoms with van der Waals surface area (Å²) in [4.78, 5) is 13.8. The molecule has 3 aromatic rings. The van der Waals surface area contributed by atoms with Crippen LogP contribution in [0.5, 0.6) is 0 Å². The van der Waals surface area contributed by atoms with Gasteiger partial charge in [0.1, 0.15) is 10.6 Å². The number of aryl methyl sites for hydroxylation is 1. The van der Waals surface area contributed by atoms with Crippen LogP contribution in [-0.2, 0) is 16.3 Å². The standard InChI is InChI=1S/C18H19N3O4S/c1-12-13(14-6-3-4-7-15(14)20-12)10-11-19-16-8-5-9-17(26(2,24)25)18(16)21(22)23/h3-9,19-20H,10-11H2,1-2H3. The fourth-order valence-electron chi connectivity index (χ4n) is 3.13. The first-order valence-electron chi connectivity index (χ1n) is 8.06. The van der Waals surface area contributed by atoms with E-state index in [0.717, 1.165) is 28.4 Å². The quantitative estimate of drug-likeness (QED) is 0.509. The van der Waals surface area contributed by atoms with Crippen molar-refractivity contribution < 1.29 is 13.3 Å². The number of H-pyrrole nitrogens is 1. The predicted molar refractivity (Wildman–Crippen MR) is 101 cm³/mol. The summed E-state index contributed by atoms with van der Waals surface area (Å²) in [7, 11) is -3.69. The van der Waals surface area contributed by atoms with Crippen molar-refractivity contribution in [1.29, 1.82) is 0 Å². The molecule has 1 heterocycles. The second kappa shape index (κ2) is 6.80. The van der Waals surface area contributed by atoms with Crippen LogP contribution in [-0.4, -0.2) is 31.1 Å². The molecule has 0 saturated heterocycles. The van der Waals surface area contributed by atoms with E-state index >= 15 is 0 Å². The third kappa shape index (κ3) is 3.41. The van der Waals surface area contributed by atoms with Gasteiger partial charge in [0.15, 0.2) is 9.84 Å². The Bertz CT molecular complexity index is 1090. The van der Waals surface area contributed by atoms with Gasteiger partial charge >= 0.3 is 5.69 Å². The second-order valence-corrected chi connectivity index (χ2v) is 8.12. The SMILES string of the molecule is Cc1[nH]c2ccccc2c1CCNc1cccc(S(C)(=O)=O)c1[N+](=O)[O-]. The number of sulfone groups is 1. The molecule has 2 N–H and O–H groups in total. The molecule has 0 aliphatic carbocycles. The number of benzene rings is 2. The number of nitro benzene ring substituents is 1. The largest absolute Gasteiger partial charge is 0.379 e. The first kappa shape index (κ1) is 17.9. The van der Waals surface area contributed by atoms with Crippen molar-refractivity contribution in [3.8, 4) is 0 Å². The lowest BCUT2D eigenvalue weighted by Gasteiger charge is -2.10. The van der Waals surface area contributed by atoms with Gasteiger partial charge in [-0.1, -0.05) is 24.3 Å². The summed E-state index contributed by atoms with van der Waals surface area (Å²) in [6.07, 6.45) is 1.62. The number of hydrogen-bond acceptors (Lipinski definition) is 5. The highest BCUT2D eigenvalue weighted by molar-refractivity contribution is 7.90. The third-order valence-corrected chi connectivity index (χ3v) is 5.43. The average molecular weight is 373 g/mol. The van der Waals surface area contributed by atoms with Crippen molar-refractivity contribution in [3.63, 3.8) is 0 Å². The van der Waals surface area contributed by atoms with E-state index in [4.69, 9.17) is 0 Å². The Balaban J connectivity index is 1.86. The molecule has 0 spiro atoms. The first-order chi connectivity index (χ1) is 12.3. The number of rotatable bonds is 6. The van der Waals surface area contributed by atoms with Gasteiger partial charge in [0.25, 0.3) is 0 Å². The lowest BCUT2D eigenvalue weighted by atomic mass is 10.1. The minimum atomic E-state index is -3.69. The lowest BCUT2D eigenvalue weighted by molar-refractivity contribution is -0.386. The van der Waals surface area contributed by atoms with E-state index in [1.807, 2.05) is 31.2 Å². The van der Waals surface area contributed by atoms with Crippen molar-refractivity contribution in [1.82, 2.24) is 4.98 Å². The Labute approximate surface area is 151 Å². The molecule has 7 nitrogen and oxygen atoms in total. The summed E-state index contributed by atoms with van der Waals surface area (Å²) >= 11 is 0. The van der Waals surface area contributed by atoms with Crippen LogP contribution in [0.25, 0.3) is 10.9 Å². The summed E-state index contributed by atoms with van der Waals surface area (Å²) in [5.74, 6) is 0. The van der Waals surface area contributed by atoms with Crippen molar-refractivity contribution in [3.05, 3.63) is 63.8 Å². The van der Waals surface area contributed by atoms with Gasteiger partial charge in [-0.15, -0.1) is 0 Å². The number of fused-ring (bicyclic) bond motifs is 1. The number of para-hydroxylation sites is 2. The number of nitrogens with zero attached hydrogens (tertiary/aromatic N) is 1. The van der Waals surface area contributed by atoms with Gasteiger partial charge < -0.3 is 10.3 Å². The summed E-state index contributed by atoms with van der Waals surface area (Å²) in [6, 6.07) is 12.2. The van der Waals surface area contributed by atoms with Crippen molar-refractivity contribution in [2.75, 3.05) is 18.1 Å². The van der Waals surface area contributed by atoms with Gasteiger partial charge in [-0.05, 0) is 37.1 Å². The molecule has 0 bridgehead atoms.